The molecule has 0 unspecified atom stereocenters. The summed E-state index contributed by atoms with van der Waals surface area (Å²) in [4.78, 5) is 15.1. The Morgan fingerprint density at radius 2 is 1.81 bits per heavy atom. The van der Waals surface area contributed by atoms with Gasteiger partial charge in [-0.05, 0) is 67.2 Å². The number of hydrogen-bond acceptors (Lipinski definition) is 4. The van der Waals surface area contributed by atoms with Gasteiger partial charge in [0.15, 0.2) is 0 Å². The van der Waals surface area contributed by atoms with Gasteiger partial charge in [0.1, 0.15) is 0 Å². The molecule has 0 bridgehead atoms. The zero-order valence-electron chi connectivity index (χ0n) is 18.0. The van der Waals surface area contributed by atoms with Crippen LogP contribution in [0.25, 0.3) is 0 Å². The van der Waals surface area contributed by atoms with E-state index in [-0.39, 0.29) is 17.3 Å². The number of rotatable bonds is 9. The van der Waals surface area contributed by atoms with Crippen molar-refractivity contribution in [1.82, 2.24) is 14.9 Å². The minimum absolute atomic E-state index is 0.116. The van der Waals surface area contributed by atoms with E-state index in [1.807, 2.05) is 12.1 Å². The molecule has 0 aromatic heterocycles. The van der Waals surface area contributed by atoms with Gasteiger partial charge in [0, 0.05) is 25.2 Å². The molecule has 1 aliphatic heterocycles. The SMILES string of the molecule is C=CCNS(=O)(=O)c1ccc(C(=O)NCc2cccc(CN3CCC(C)CC3)c2)cc1. The third-order valence-electron chi connectivity index (χ3n) is 5.57. The Morgan fingerprint density at radius 3 is 2.48 bits per heavy atom. The van der Waals surface area contributed by atoms with Crippen LogP contribution in [0.2, 0.25) is 0 Å². The predicted octanol–water partition coefficient (Wildman–Crippen LogP) is 3.31. The molecule has 7 heteroatoms. The van der Waals surface area contributed by atoms with Crippen molar-refractivity contribution in [2.24, 2.45) is 5.92 Å². The standard InChI is InChI=1S/C24H31N3O3S/c1-3-13-26-31(29,30)23-9-7-22(8-10-23)24(28)25-17-20-5-4-6-21(16-20)18-27-14-11-19(2)12-15-27/h3-10,16,19,26H,1,11-15,17-18H2,2H3,(H,25,28). The number of piperidine rings is 1. The van der Waals surface area contributed by atoms with Crippen LogP contribution in [0.1, 0.15) is 41.3 Å². The zero-order valence-corrected chi connectivity index (χ0v) is 18.8. The van der Waals surface area contributed by atoms with Crippen molar-refractivity contribution in [2.75, 3.05) is 19.6 Å². The summed E-state index contributed by atoms with van der Waals surface area (Å²) in [6.45, 7) is 9.59. The second-order valence-corrected chi connectivity index (χ2v) is 9.89. The molecule has 3 rings (SSSR count). The predicted molar refractivity (Wildman–Crippen MR) is 123 cm³/mol. The van der Waals surface area contributed by atoms with Gasteiger partial charge >= 0.3 is 0 Å². The van der Waals surface area contributed by atoms with Gasteiger partial charge in [0.25, 0.3) is 5.91 Å². The first kappa shape index (κ1) is 23.2. The van der Waals surface area contributed by atoms with Crippen LogP contribution in [0.15, 0.2) is 66.1 Å². The fraction of sp³-hybridized carbons (Fsp3) is 0.375. The van der Waals surface area contributed by atoms with Gasteiger partial charge in [-0.2, -0.15) is 0 Å². The minimum atomic E-state index is -3.60. The quantitative estimate of drug-likeness (QED) is 0.585. The Hall–Kier alpha value is -2.48. The summed E-state index contributed by atoms with van der Waals surface area (Å²) < 4.78 is 26.6. The highest BCUT2D eigenvalue weighted by atomic mass is 32.2. The third kappa shape index (κ3) is 6.75. The maximum atomic E-state index is 12.5. The lowest BCUT2D eigenvalue weighted by Gasteiger charge is -2.30. The number of amides is 1. The van der Waals surface area contributed by atoms with Crippen molar-refractivity contribution >= 4 is 15.9 Å². The zero-order chi connectivity index (χ0) is 22.3. The lowest BCUT2D eigenvalue weighted by molar-refractivity contribution is 0.0950. The first-order valence-electron chi connectivity index (χ1n) is 10.7. The topological polar surface area (TPSA) is 78.5 Å². The van der Waals surface area contributed by atoms with Crippen molar-refractivity contribution in [3.05, 3.63) is 77.9 Å². The highest BCUT2D eigenvalue weighted by Crippen LogP contribution is 2.18. The van der Waals surface area contributed by atoms with E-state index in [1.54, 1.807) is 0 Å². The Labute approximate surface area is 185 Å². The van der Waals surface area contributed by atoms with Crippen LogP contribution in [0.5, 0.6) is 0 Å². The lowest BCUT2D eigenvalue weighted by atomic mass is 9.98. The van der Waals surface area contributed by atoms with Gasteiger partial charge in [-0.25, -0.2) is 13.1 Å². The maximum absolute atomic E-state index is 12.5. The van der Waals surface area contributed by atoms with Crippen molar-refractivity contribution < 1.29 is 13.2 Å². The molecule has 0 spiro atoms. The molecule has 0 aliphatic carbocycles. The van der Waals surface area contributed by atoms with Crippen LogP contribution in [0.4, 0.5) is 0 Å². The summed E-state index contributed by atoms with van der Waals surface area (Å²) in [6, 6.07) is 14.2. The summed E-state index contributed by atoms with van der Waals surface area (Å²) in [5, 5.41) is 2.91. The maximum Gasteiger partial charge on any atom is 0.251 e. The van der Waals surface area contributed by atoms with Crippen LogP contribution < -0.4 is 10.0 Å². The molecule has 0 radical (unpaired) electrons. The molecule has 1 saturated heterocycles. The summed E-state index contributed by atoms with van der Waals surface area (Å²) >= 11 is 0. The first-order chi connectivity index (χ1) is 14.9. The molecule has 2 aromatic carbocycles. The van der Waals surface area contributed by atoms with Crippen LogP contribution in [0.3, 0.4) is 0 Å². The average molecular weight is 442 g/mol. The molecule has 1 amide bonds. The van der Waals surface area contributed by atoms with Crippen molar-refractivity contribution in [1.29, 1.82) is 0 Å². The first-order valence-corrected chi connectivity index (χ1v) is 12.1. The van der Waals surface area contributed by atoms with E-state index in [0.717, 1.165) is 31.1 Å². The molecule has 0 saturated carbocycles. The summed E-state index contributed by atoms with van der Waals surface area (Å²) in [5.41, 5.74) is 2.72. The minimum Gasteiger partial charge on any atom is -0.348 e. The smallest absolute Gasteiger partial charge is 0.251 e. The summed E-state index contributed by atoms with van der Waals surface area (Å²) in [7, 11) is -3.60. The average Bonchev–Trinajstić information content (AvgIpc) is 2.78. The fourth-order valence-electron chi connectivity index (χ4n) is 3.64. The highest BCUT2D eigenvalue weighted by molar-refractivity contribution is 7.89. The second kappa shape index (κ2) is 10.7. The van der Waals surface area contributed by atoms with E-state index in [1.165, 1.54) is 48.7 Å². The van der Waals surface area contributed by atoms with Crippen LogP contribution in [-0.2, 0) is 23.1 Å². The molecule has 2 aromatic rings. The number of likely N-dealkylation sites (tertiary alicyclic amines) is 1. The van der Waals surface area contributed by atoms with E-state index in [2.05, 4.69) is 40.6 Å². The number of hydrogen-bond donors (Lipinski definition) is 2. The Balaban J connectivity index is 1.55. The molecule has 2 N–H and O–H groups in total. The molecule has 6 nitrogen and oxygen atoms in total. The summed E-state index contributed by atoms with van der Waals surface area (Å²) in [5.74, 6) is 0.578. The number of carbonyl (C=O) groups excluding carboxylic acids is 1. The normalized spacial score (nSPS) is 15.5. The van der Waals surface area contributed by atoms with Gasteiger partial charge in [0.2, 0.25) is 10.0 Å². The van der Waals surface area contributed by atoms with Gasteiger partial charge in [-0.1, -0.05) is 37.3 Å². The Bertz CT molecular complexity index is 995. The van der Waals surface area contributed by atoms with E-state index in [4.69, 9.17) is 0 Å². The van der Waals surface area contributed by atoms with Crippen molar-refractivity contribution in [3.8, 4) is 0 Å². The van der Waals surface area contributed by atoms with Crippen LogP contribution in [-0.4, -0.2) is 38.9 Å². The van der Waals surface area contributed by atoms with Gasteiger partial charge in [-0.15, -0.1) is 6.58 Å². The number of nitrogens with one attached hydrogen (secondary N) is 2. The molecular weight excluding hydrogens is 410 g/mol. The van der Waals surface area contributed by atoms with Crippen molar-refractivity contribution in [2.45, 2.75) is 37.8 Å². The number of nitrogens with zero attached hydrogens (tertiary/aromatic N) is 1. The number of benzene rings is 2. The largest absolute Gasteiger partial charge is 0.348 e. The van der Waals surface area contributed by atoms with Crippen LogP contribution >= 0.6 is 0 Å². The number of carbonyl (C=O) groups is 1. The fourth-order valence-corrected chi connectivity index (χ4v) is 4.64. The molecule has 166 valence electrons. The highest BCUT2D eigenvalue weighted by Gasteiger charge is 2.16. The molecule has 0 atom stereocenters. The Morgan fingerprint density at radius 1 is 1.13 bits per heavy atom. The molecule has 1 fully saturated rings. The van der Waals surface area contributed by atoms with Gasteiger partial charge < -0.3 is 5.32 Å². The van der Waals surface area contributed by atoms with E-state index in [9.17, 15) is 13.2 Å². The monoisotopic (exact) mass is 441 g/mol. The molecule has 31 heavy (non-hydrogen) atoms. The van der Waals surface area contributed by atoms with Gasteiger partial charge in [-0.3, -0.25) is 9.69 Å². The molecule has 1 heterocycles. The Kier molecular flexibility index (Phi) is 8.01. The molecular formula is C24H31N3O3S. The van der Waals surface area contributed by atoms with E-state index >= 15 is 0 Å². The third-order valence-corrected chi connectivity index (χ3v) is 7.01. The van der Waals surface area contributed by atoms with Gasteiger partial charge in [0.05, 0.1) is 4.90 Å². The van der Waals surface area contributed by atoms with Crippen LogP contribution in [0, 0.1) is 5.92 Å². The lowest BCUT2D eigenvalue weighted by Crippen LogP contribution is -2.32. The molecule has 1 aliphatic rings. The van der Waals surface area contributed by atoms with Crippen molar-refractivity contribution in [3.63, 3.8) is 0 Å². The second-order valence-electron chi connectivity index (χ2n) is 8.13. The van der Waals surface area contributed by atoms with E-state index in [0.29, 0.717) is 12.1 Å². The summed E-state index contributed by atoms with van der Waals surface area (Å²) in [6.07, 6.45) is 3.97. The van der Waals surface area contributed by atoms with E-state index < -0.39 is 10.0 Å². The number of sulfonamides is 1.